The lowest BCUT2D eigenvalue weighted by atomic mass is 10.2. The second-order valence-corrected chi connectivity index (χ2v) is 6.76. The van der Waals surface area contributed by atoms with Crippen LogP contribution in [0.5, 0.6) is 0 Å². The zero-order valence-corrected chi connectivity index (χ0v) is 14.3. The van der Waals surface area contributed by atoms with E-state index in [1.54, 1.807) is 50.9 Å². The highest BCUT2D eigenvalue weighted by Gasteiger charge is 2.24. The molecule has 2 N–H and O–H groups in total. The summed E-state index contributed by atoms with van der Waals surface area (Å²) < 4.78 is 10.4. The molecule has 0 saturated heterocycles. The molecular weight excluding hydrogens is 304 g/mol. The molecule has 0 aromatic carbocycles. The summed E-state index contributed by atoms with van der Waals surface area (Å²) in [4.78, 5) is 24.0. The van der Waals surface area contributed by atoms with Gasteiger partial charge in [-0.15, -0.1) is 0 Å². The smallest absolute Gasteiger partial charge is 0.408 e. The molecule has 7 heteroatoms. The Morgan fingerprint density at radius 3 is 2.68 bits per heavy atom. The van der Waals surface area contributed by atoms with Crippen molar-refractivity contribution in [2.45, 2.75) is 45.4 Å². The molecule has 0 aliphatic carbocycles. The lowest BCUT2D eigenvalue weighted by Crippen LogP contribution is -2.48. The van der Waals surface area contributed by atoms with Crippen LogP contribution in [0.25, 0.3) is 0 Å². The van der Waals surface area contributed by atoms with Crippen molar-refractivity contribution in [2.75, 3.05) is 12.0 Å². The summed E-state index contributed by atoms with van der Waals surface area (Å²) in [6.07, 6.45) is 3.44. The highest BCUT2D eigenvalue weighted by Crippen LogP contribution is 2.08. The number of rotatable bonds is 7. The number of furan rings is 1. The van der Waals surface area contributed by atoms with Crippen LogP contribution in [0, 0.1) is 0 Å². The minimum atomic E-state index is -0.628. The summed E-state index contributed by atoms with van der Waals surface area (Å²) in [6.45, 7) is 5.62. The molecule has 0 aliphatic rings. The molecule has 6 nitrogen and oxygen atoms in total. The summed E-state index contributed by atoms with van der Waals surface area (Å²) >= 11 is 1.61. The molecular formula is C15H24N2O4S. The van der Waals surface area contributed by atoms with Crippen LogP contribution in [0.3, 0.4) is 0 Å². The van der Waals surface area contributed by atoms with E-state index >= 15 is 0 Å². The van der Waals surface area contributed by atoms with Gasteiger partial charge in [0.15, 0.2) is 0 Å². The monoisotopic (exact) mass is 328 g/mol. The second kappa shape index (κ2) is 8.73. The normalized spacial score (nSPS) is 12.5. The van der Waals surface area contributed by atoms with Crippen LogP contribution < -0.4 is 10.6 Å². The minimum absolute atomic E-state index is 0.253. The van der Waals surface area contributed by atoms with Crippen LogP contribution in [-0.2, 0) is 16.1 Å². The molecule has 1 atom stereocenters. The second-order valence-electron chi connectivity index (χ2n) is 5.78. The Morgan fingerprint density at radius 1 is 1.41 bits per heavy atom. The van der Waals surface area contributed by atoms with E-state index in [4.69, 9.17) is 9.15 Å². The van der Waals surface area contributed by atoms with Crippen LogP contribution in [0.2, 0.25) is 0 Å². The maximum Gasteiger partial charge on any atom is 0.408 e. The average Bonchev–Trinajstić information content (AvgIpc) is 2.91. The number of amides is 2. The first kappa shape index (κ1) is 18.4. The van der Waals surface area contributed by atoms with Crippen LogP contribution in [0.15, 0.2) is 22.8 Å². The molecule has 0 radical (unpaired) electrons. The predicted molar refractivity (Wildman–Crippen MR) is 86.7 cm³/mol. The van der Waals surface area contributed by atoms with Gasteiger partial charge in [-0.1, -0.05) is 0 Å². The summed E-state index contributed by atoms with van der Waals surface area (Å²) in [5.41, 5.74) is -0.598. The maximum absolute atomic E-state index is 12.2. The largest absolute Gasteiger partial charge is 0.467 e. The van der Waals surface area contributed by atoms with Gasteiger partial charge in [0.05, 0.1) is 12.8 Å². The number of carbonyl (C=O) groups is 2. The van der Waals surface area contributed by atoms with Crippen molar-refractivity contribution in [1.29, 1.82) is 0 Å². The van der Waals surface area contributed by atoms with E-state index in [0.717, 1.165) is 5.75 Å². The van der Waals surface area contributed by atoms with Crippen molar-refractivity contribution in [2.24, 2.45) is 0 Å². The lowest BCUT2D eigenvalue weighted by molar-refractivity contribution is -0.123. The predicted octanol–water partition coefficient (Wildman–Crippen LogP) is 2.54. The fourth-order valence-corrected chi connectivity index (χ4v) is 2.14. The topological polar surface area (TPSA) is 80.6 Å². The van der Waals surface area contributed by atoms with Crippen molar-refractivity contribution < 1.29 is 18.7 Å². The molecule has 0 saturated carbocycles. The summed E-state index contributed by atoms with van der Waals surface area (Å²) in [5.74, 6) is 1.17. The van der Waals surface area contributed by atoms with Gasteiger partial charge < -0.3 is 19.8 Å². The highest BCUT2D eigenvalue weighted by molar-refractivity contribution is 7.98. The quantitative estimate of drug-likeness (QED) is 0.804. The molecule has 1 rings (SSSR count). The number of hydrogen-bond donors (Lipinski definition) is 2. The standard InChI is InChI=1S/C15H24N2O4S/c1-15(2,3)21-14(19)17-12(7-9-22-4)13(18)16-10-11-6-5-8-20-11/h5-6,8,12H,7,9-10H2,1-4H3,(H,16,18)(H,17,19)/t12-/m0/s1. The molecule has 1 aromatic heterocycles. The fraction of sp³-hybridized carbons (Fsp3) is 0.600. The number of thioether (sulfide) groups is 1. The van der Waals surface area contributed by atoms with E-state index in [2.05, 4.69) is 10.6 Å². The first-order chi connectivity index (χ1) is 10.3. The summed E-state index contributed by atoms with van der Waals surface area (Å²) in [6, 6.07) is 2.90. The Labute approximate surface area is 135 Å². The van der Waals surface area contributed by atoms with Crippen LogP contribution in [-0.4, -0.2) is 35.7 Å². The molecule has 124 valence electrons. The lowest BCUT2D eigenvalue weighted by Gasteiger charge is -2.23. The third-order valence-corrected chi connectivity index (χ3v) is 3.28. The Morgan fingerprint density at radius 2 is 2.14 bits per heavy atom. The fourth-order valence-electron chi connectivity index (χ4n) is 1.66. The van der Waals surface area contributed by atoms with E-state index in [0.29, 0.717) is 12.2 Å². The van der Waals surface area contributed by atoms with Crippen LogP contribution >= 0.6 is 11.8 Å². The minimum Gasteiger partial charge on any atom is -0.467 e. The van der Waals surface area contributed by atoms with Crippen molar-refractivity contribution in [3.8, 4) is 0 Å². The van der Waals surface area contributed by atoms with E-state index < -0.39 is 17.7 Å². The molecule has 0 spiro atoms. The van der Waals surface area contributed by atoms with Crippen LogP contribution in [0.4, 0.5) is 4.79 Å². The number of alkyl carbamates (subject to hydrolysis) is 1. The average molecular weight is 328 g/mol. The SMILES string of the molecule is CSCC[C@H](NC(=O)OC(C)(C)C)C(=O)NCc1ccco1. The zero-order valence-electron chi connectivity index (χ0n) is 13.5. The van der Waals surface area contributed by atoms with E-state index in [1.807, 2.05) is 6.26 Å². The highest BCUT2D eigenvalue weighted by atomic mass is 32.2. The van der Waals surface area contributed by atoms with E-state index in [1.165, 1.54) is 0 Å². The van der Waals surface area contributed by atoms with Crippen molar-refractivity contribution in [3.63, 3.8) is 0 Å². The van der Waals surface area contributed by atoms with Gasteiger partial charge in [-0.3, -0.25) is 4.79 Å². The number of ether oxygens (including phenoxy) is 1. The molecule has 0 unspecified atom stereocenters. The first-order valence-corrected chi connectivity index (χ1v) is 8.50. The van der Waals surface area contributed by atoms with Crippen LogP contribution in [0.1, 0.15) is 33.0 Å². The van der Waals surface area contributed by atoms with Crippen molar-refractivity contribution >= 4 is 23.8 Å². The molecule has 1 heterocycles. The zero-order chi connectivity index (χ0) is 16.6. The number of nitrogens with one attached hydrogen (secondary N) is 2. The van der Waals surface area contributed by atoms with Crippen molar-refractivity contribution in [3.05, 3.63) is 24.2 Å². The first-order valence-electron chi connectivity index (χ1n) is 7.10. The van der Waals surface area contributed by atoms with Gasteiger partial charge in [-0.05, 0) is 51.3 Å². The van der Waals surface area contributed by atoms with Gasteiger partial charge in [0.25, 0.3) is 0 Å². The van der Waals surface area contributed by atoms with Gasteiger partial charge in [-0.25, -0.2) is 4.79 Å². The number of carbonyl (C=O) groups excluding carboxylic acids is 2. The number of hydrogen-bond acceptors (Lipinski definition) is 5. The maximum atomic E-state index is 12.2. The third-order valence-electron chi connectivity index (χ3n) is 2.64. The van der Waals surface area contributed by atoms with Gasteiger partial charge in [0, 0.05) is 0 Å². The Hall–Kier alpha value is -1.63. The molecule has 22 heavy (non-hydrogen) atoms. The molecule has 2 amide bonds. The molecule has 0 fully saturated rings. The molecule has 0 aliphatic heterocycles. The van der Waals surface area contributed by atoms with Crippen molar-refractivity contribution in [1.82, 2.24) is 10.6 Å². The van der Waals surface area contributed by atoms with E-state index in [9.17, 15) is 9.59 Å². The third kappa shape index (κ3) is 7.40. The Balaban J connectivity index is 2.54. The Bertz CT molecular complexity index is 468. The van der Waals surface area contributed by atoms with Gasteiger partial charge in [-0.2, -0.15) is 11.8 Å². The summed E-state index contributed by atoms with van der Waals surface area (Å²) in [7, 11) is 0. The van der Waals surface area contributed by atoms with Gasteiger partial charge in [0.1, 0.15) is 17.4 Å². The molecule has 1 aromatic rings. The van der Waals surface area contributed by atoms with Gasteiger partial charge in [0.2, 0.25) is 5.91 Å². The van der Waals surface area contributed by atoms with E-state index in [-0.39, 0.29) is 12.5 Å². The molecule has 0 bridgehead atoms. The summed E-state index contributed by atoms with van der Waals surface area (Å²) in [5, 5.41) is 5.37. The van der Waals surface area contributed by atoms with Gasteiger partial charge >= 0.3 is 6.09 Å². The Kier molecular flexibility index (Phi) is 7.31.